The van der Waals surface area contributed by atoms with Gasteiger partial charge in [0.25, 0.3) is 0 Å². The maximum atomic E-state index is 12.0. The molecule has 1 atom stereocenters. The molecular weight excluding hydrogens is 228 g/mol. The number of aliphatic hydroxyl groups excluding tert-OH is 1. The highest BCUT2D eigenvalue weighted by Gasteiger charge is 2.35. The van der Waals surface area contributed by atoms with E-state index in [1.165, 1.54) is 11.1 Å². The van der Waals surface area contributed by atoms with E-state index in [-0.39, 0.29) is 11.2 Å². The Kier molecular flexibility index (Phi) is 2.41. The smallest absolute Gasteiger partial charge is 0.220 e. The summed E-state index contributed by atoms with van der Waals surface area (Å²) in [6, 6.07) is 2.09. The lowest BCUT2D eigenvalue weighted by Gasteiger charge is -2.23. The molecule has 0 bridgehead atoms. The second-order valence-electron chi connectivity index (χ2n) is 6.22. The molecule has 96 valence electrons. The Bertz CT molecular complexity index is 543. The van der Waals surface area contributed by atoms with Crippen molar-refractivity contribution in [3.63, 3.8) is 0 Å². The van der Waals surface area contributed by atoms with Crippen LogP contribution in [0.25, 0.3) is 0 Å². The van der Waals surface area contributed by atoms with Crippen molar-refractivity contribution in [3.8, 4) is 0 Å². The Hall–Kier alpha value is -1.19. The van der Waals surface area contributed by atoms with Gasteiger partial charge in [-0.15, -0.1) is 0 Å². The lowest BCUT2D eigenvalue weighted by atomic mass is 9.89. The lowest BCUT2D eigenvalue weighted by Crippen LogP contribution is -2.30. The Balaban J connectivity index is 2.18. The van der Waals surface area contributed by atoms with Gasteiger partial charge in [-0.05, 0) is 47.4 Å². The third kappa shape index (κ3) is 1.62. The molecule has 1 aliphatic heterocycles. The van der Waals surface area contributed by atoms with E-state index in [1.54, 1.807) is 0 Å². The number of carbonyl (C=O) groups is 1. The van der Waals surface area contributed by atoms with Crippen LogP contribution in [0.1, 0.15) is 46.5 Å². The van der Waals surface area contributed by atoms with Crippen LogP contribution in [0, 0.1) is 12.3 Å². The zero-order valence-corrected chi connectivity index (χ0v) is 11.0. The van der Waals surface area contributed by atoms with E-state index >= 15 is 0 Å². The van der Waals surface area contributed by atoms with Crippen molar-refractivity contribution >= 4 is 5.78 Å². The van der Waals surface area contributed by atoms with Gasteiger partial charge in [0.05, 0.1) is 6.61 Å². The van der Waals surface area contributed by atoms with Crippen molar-refractivity contribution in [2.24, 2.45) is 5.41 Å². The molecule has 1 heterocycles. The number of hydrogen-bond donors (Lipinski definition) is 1. The minimum absolute atomic E-state index is 0.263. The molecule has 2 aliphatic rings. The van der Waals surface area contributed by atoms with E-state index in [0.29, 0.717) is 12.2 Å². The summed E-state index contributed by atoms with van der Waals surface area (Å²) in [5, 5.41) is 9.53. The summed E-state index contributed by atoms with van der Waals surface area (Å²) in [5.74, 6) is -0.291. The average Bonchev–Trinajstić information content (AvgIpc) is 2.59. The molecule has 0 radical (unpaired) electrons. The van der Waals surface area contributed by atoms with Crippen LogP contribution in [0.2, 0.25) is 0 Å². The molecule has 0 spiro atoms. The highest BCUT2D eigenvalue weighted by Crippen LogP contribution is 2.40. The van der Waals surface area contributed by atoms with Crippen molar-refractivity contribution in [2.75, 3.05) is 0 Å². The number of fused-ring (bicyclic) bond motifs is 2. The van der Waals surface area contributed by atoms with Crippen LogP contribution in [0.15, 0.2) is 6.07 Å². The summed E-state index contributed by atoms with van der Waals surface area (Å²) in [4.78, 5) is 12.0. The normalized spacial score (nSPS) is 24.9. The first-order valence-electron chi connectivity index (χ1n) is 6.37. The van der Waals surface area contributed by atoms with Crippen molar-refractivity contribution in [3.05, 3.63) is 33.9 Å². The van der Waals surface area contributed by atoms with Crippen molar-refractivity contribution in [1.29, 1.82) is 0 Å². The van der Waals surface area contributed by atoms with Gasteiger partial charge in [-0.25, -0.2) is 0 Å². The Morgan fingerprint density at radius 3 is 2.78 bits per heavy atom. The standard InChI is InChI=1S/C15H18O3/c1-8-11-6-15(2,3)5-9(11)4-10-7-18-14(17)13(16)12(8)10/h4,14,17H,5-7H2,1-3H3. The van der Waals surface area contributed by atoms with Crippen molar-refractivity contribution < 1.29 is 14.6 Å². The van der Waals surface area contributed by atoms with E-state index in [2.05, 4.69) is 19.9 Å². The number of rotatable bonds is 0. The number of benzene rings is 1. The number of hydrogen-bond acceptors (Lipinski definition) is 3. The average molecular weight is 246 g/mol. The summed E-state index contributed by atoms with van der Waals surface area (Å²) in [6.07, 6.45) is 0.766. The van der Waals surface area contributed by atoms with Crippen molar-refractivity contribution in [2.45, 2.75) is 46.5 Å². The molecule has 18 heavy (non-hydrogen) atoms. The summed E-state index contributed by atoms with van der Waals surface area (Å²) >= 11 is 0. The molecule has 0 saturated heterocycles. The third-order valence-corrected chi connectivity index (χ3v) is 4.08. The second kappa shape index (κ2) is 3.65. The molecule has 1 unspecified atom stereocenters. The largest absolute Gasteiger partial charge is 0.362 e. The molecule has 0 fully saturated rings. The maximum Gasteiger partial charge on any atom is 0.220 e. The third-order valence-electron chi connectivity index (χ3n) is 4.08. The molecule has 1 aromatic rings. The van der Waals surface area contributed by atoms with Crippen LogP contribution in [-0.2, 0) is 24.2 Å². The molecule has 3 heteroatoms. The molecule has 0 aromatic heterocycles. The second-order valence-corrected chi connectivity index (χ2v) is 6.22. The van der Waals surface area contributed by atoms with E-state index in [1.807, 2.05) is 6.92 Å². The van der Waals surface area contributed by atoms with E-state index in [0.717, 1.165) is 24.0 Å². The first-order chi connectivity index (χ1) is 8.39. The van der Waals surface area contributed by atoms with Gasteiger partial charge in [0.2, 0.25) is 12.1 Å². The maximum absolute atomic E-state index is 12.0. The van der Waals surface area contributed by atoms with Gasteiger partial charge < -0.3 is 9.84 Å². The van der Waals surface area contributed by atoms with Gasteiger partial charge in [-0.1, -0.05) is 19.9 Å². The summed E-state index contributed by atoms with van der Waals surface area (Å²) in [5.41, 5.74) is 5.55. The fourth-order valence-corrected chi connectivity index (χ4v) is 3.29. The minimum atomic E-state index is -1.29. The molecule has 3 nitrogen and oxygen atoms in total. The Labute approximate surface area is 107 Å². The zero-order valence-electron chi connectivity index (χ0n) is 11.0. The fraction of sp³-hybridized carbons (Fsp3) is 0.533. The quantitative estimate of drug-likeness (QED) is 0.763. The Morgan fingerprint density at radius 1 is 1.33 bits per heavy atom. The number of ether oxygens (including phenoxy) is 1. The molecule has 1 N–H and O–H groups in total. The van der Waals surface area contributed by atoms with Crippen LogP contribution < -0.4 is 0 Å². The topological polar surface area (TPSA) is 46.5 Å². The van der Waals surface area contributed by atoms with Gasteiger partial charge in [0.15, 0.2) is 0 Å². The molecule has 3 rings (SSSR count). The predicted molar refractivity (Wildman–Crippen MR) is 67.5 cm³/mol. The van der Waals surface area contributed by atoms with Gasteiger partial charge in [0, 0.05) is 5.56 Å². The summed E-state index contributed by atoms with van der Waals surface area (Å²) in [6.45, 7) is 6.82. The van der Waals surface area contributed by atoms with Gasteiger partial charge in [0.1, 0.15) is 0 Å². The van der Waals surface area contributed by atoms with Gasteiger partial charge >= 0.3 is 0 Å². The fourth-order valence-electron chi connectivity index (χ4n) is 3.29. The molecule has 1 aliphatic carbocycles. The lowest BCUT2D eigenvalue weighted by molar-refractivity contribution is -0.0859. The van der Waals surface area contributed by atoms with Crippen LogP contribution in [0.4, 0.5) is 0 Å². The van der Waals surface area contributed by atoms with Crippen LogP contribution in [0.5, 0.6) is 0 Å². The first kappa shape index (κ1) is 11.9. The zero-order chi connectivity index (χ0) is 13.1. The van der Waals surface area contributed by atoms with E-state index < -0.39 is 6.29 Å². The number of ketones is 1. The number of carbonyl (C=O) groups excluding carboxylic acids is 1. The number of Topliss-reactive ketones (excluding diaryl/α,β-unsaturated/α-hetero) is 1. The number of aliphatic hydroxyl groups is 1. The van der Waals surface area contributed by atoms with Crippen LogP contribution in [-0.4, -0.2) is 17.2 Å². The molecule has 1 aromatic carbocycles. The molecule has 0 saturated carbocycles. The van der Waals surface area contributed by atoms with Crippen LogP contribution >= 0.6 is 0 Å². The van der Waals surface area contributed by atoms with Crippen molar-refractivity contribution in [1.82, 2.24) is 0 Å². The minimum Gasteiger partial charge on any atom is -0.362 e. The Morgan fingerprint density at radius 2 is 2.06 bits per heavy atom. The highest BCUT2D eigenvalue weighted by molar-refractivity contribution is 6.02. The molecular formula is C15H18O3. The van der Waals surface area contributed by atoms with Crippen LogP contribution in [0.3, 0.4) is 0 Å². The summed E-state index contributed by atoms with van der Waals surface area (Å²) in [7, 11) is 0. The SMILES string of the molecule is Cc1c2c(cc3c1C(=O)C(O)OC3)CC(C)(C)C2. The van der Waals surface area contributed by atoms with Gasteiger partial charge in [-0.2, -0.15) is 0 Å². The van der Waals surface area contributed by atoms with E-state index in [9.17, 15) is 9.90 Å². The monoisotopic (exact) mass is 246 g/mol. The van der Waals surface area contributed by atoms with E-state index in [4.69, 9.17) is 4.74 Å². The highest BCUT2D eigenvalue weighted by atomic mass is 16.6. The molecule has 0 amide bonds. The predicted octanol–water partition coefficient (Wildman–Crippen LogP) is 2.15. The van der Waals surface area contributed by atoms with Gasteiger partial charge in [-0.3, -0.25) is 4.79 Å². The first-order valence-corrected chi connectivity index (χ1v) is 6.37. The summed E-state index contributed by atoms with van der Waals surface area (Å²) < 4.78 is 5.09.